The number of rotatable bonds is 6. The third-order valence-electron chi connectivity index (χ3n) is 3.69. The van der Waals surface area contributed by atoms with Crippen LogP contribution in [0.5, 0.6) is 5.75 Å². The topological polar surface area (TPSA) is 66.8 Å². The van der Waals surface area contributed by atoms with Gasteiger partial charge in [0.2, 0.25) is 10.0 Å². The van der Waals surface area contributed by atoms with Crippen LogP contribution in [0.25, 0.3) is 0 Å². The Bertz CT molecular complexity index is 774. The van der Waals surface area contributed by atoms with Gasteiger partial charge >= 0.3 is 0 Å². The highest BCUT2D eigenvalue weighted by molar-refractivity contribution is 7.89. The molecular formula is C17H21NO4S. The minimum absolute atomic E-state index is 0.0379. The highest BCUT2D eigenvalue weighted by Crippen LogP contribution is 2.23. The van der Waals surface area contributed by atoms with Crippen molar-refractivity contribution >= 4 is 10.0 Å². The predicted molar refractivity (Wildman–Crippen MR) is 88.9 cm³/mol. The van der Waals surface area contributed by atoms with Gasteiger partial charge < -0.3 is 9.84 Å². The Hall–Kier alpha value is -1.89. The van der Waals surface area contributed by atoms with Gasteiger partial charge in [-0.2, -0.15) is 4.31 Å². The molecule has 1 N–H and O–H groups in total. The molecule has 0 saturated heterocycles. The van der Waals surface area contributed by atoms with Crippen LogP contribution < -0.4 is 4.74 Å². The normalized spacial score (nSPS) is 13.1. The second-order valence-corrected chi connectivity index (χ2v) is 7.36. The second kappa shape index (κ2) is 7.12. The summed E-state index contributed by atoms with van der Waals surface area (Å²) in [6, 6.07) is 13.8. The maximum absolute atomic E-state index is 12.6. The van der Waals surface area contributed by atoms with Crippen LogP contribution in [0.4, 0.5) is 0 Å². The van der Waals surface area contributed by atoms with Gasteiger partial charge in [-0.3, -0.25) is 0 Å². The second-order valence-electron chi connectivity index (χ2n) is 5.34. The van der Waals surface area contributed by atoms with Gasteiger partial charge in [0, 0.05) is 13.6 Å². The molecule has 0 saturated carbocycles. The largest absolute Gasteiger partial charge is 0.497 e. The lowest BCUT2D eigenvalue weighted by Gasteiger charge is -2.22. The molecule has 0 amide bonds. The molecule has 0 fully saturated rings. The zero-order valence-electron chi connectivity index (χ0n) is 13.4. The fourth-order valence-electron chi connectivity index (χ4n) is 2.31. The molecule has 0 aliphatic carbocycles. The Morgan fingerprint density at radius 3 is 2.52 bits per heavy atom. The Labute approximate surface area is 137 Å². The number of hydrogen-bond acceptors (Lipinski definition) is 4. The Morgan fingerprint density at radius 2 is 1.87 bits per heavy atom. The molecule has 0 radical (unpaired) electrons. The van der Waals surface area contributed by atoms with Crippen LogP contribution in [-0.4, -0.2) is 38.5 Å². The molecule has 2 aromatic carbocycles. The van der Waals surface area contributed by atoms with Crippen molar-refractivity contribution in [1.29, 1.82) is 0 Å². The summed E-state index contributed by atoms with van der Waals surface area (Å²) in [5, 5.41) is 10.3. The Kier molecular flexibility index (Phi) is 5.41. The van der Waals surface area contributed by atoms with Crippen molar-refractivity contribution in [3.05, 3.63) is 59.7 Å². The van der Waals surface area contributed by atoms with Crippen LogP contribution in [-0.2, 0) is 10.0 Å². The lowest BCUT2D eigenvalue weighted by Crippen LogP contribution is -2.31. The number of methoxy groups -OCH3 is 1. The molecule has 124 valence electrons. The molecule has 0 heterocycles. The Morgan fingerprint density at radius 1 is 1.17 bits per heavy atom. The molecule has 0 aliphatic heterocycles. The van der Waals surface area contributed by atoms with E-state index >= 15 is 0 Å². The quantitative estimate of drug-likeness (QED) is 0.880. The van der Waals surface area contributed by atoms with E-state index in [9.17, 15) is 13.5 Å². The summed E-state index contributed by atoms with van der Waals surface area (Å²) >= 11 is 0. The summed E-state index contributed by atoms with van der Waals surface area (Å²) < 4.78 is 31.6. The fraction of sp³-hybridized carbons (Fsp3) is 0.294. The zero-order chi connectivity index (χ0) is 17.0. The van der Waals surface area contributed by atoms with Gasteiger partial charge in [-0.05, 0) is 36.2 Å². The number of aliphatic hydroxyl groups is 1. The molecule has 23 heavy (non-hydrogen) atoms. The first kappa shape index (κ1) is 17.5. The maximum atomic E-state index is 12.6. The van der Waals surface area contributed by atoms with Crippen LogP contribution in [0.3, 0.4) is 0 Å². The summed E-state index contributed by atoms with van der Waals surface area (Å²) in [4.78, 5) is 0.250. The first-order chi connectivity index (χ1) is 10.9. The van der Waals surface area contributed by atoms with Crippen LogP contribution in [0.1, 0.15) is 17.2 Å². The van der Waals surface area contributed by atoms with Gasteiger partial charge in [0.1, 0.15) is 5.75 Å². The summed E-state index contributed by atoms with van der Waals surface area (Å²) in [6.45, 7) is 1.71. The maximum Gasteiger partial charge on any atom is 0.243 e. The predicted octanol–water partition coefficient (Wildman–Crippen LogP) is 2.36. The van der Waals surface area contributed by atoms with Crippen molar-refractivity contribution in [2.75, 3.05) is 20.7 Å². The van der Waals surface area contributed by atoms with Crippen molar-refractivity contribution in [2.24, 2.45) is 0 Å². The lowest BCUT2D eigenvalue weighted by molar-refractivity contribution is 0.154. The number of nitrogens with zero attached hydrogens (tertiary/aromatic N) is 1. The number of ether oxygens (including phenoxy) is 1. The molecule has 5 nitrogen and oxygen atoms in total. The number of likely N-dealkylation sites (N-methyl/N-ethyl adjacent to an activating group) is 1. The number of benzene rings is 2. The molecular weight excluding hydrogens is 314 g/mol. The first-order valence-electron chi connectivity index (χ1n) is 7.20. The number of aliphatic hydroxyl groups excluding tert-OH is 1. The molecule has 1 unspecified atom stereocenters. The molecule has 0 bridgehead atoms. The lowest BCUT2D eigenvalue weighted by atomic mass is 10.1. The van der Waals surface area contributed by atoms with Crippen molar-refractivity contribution in [2.45, 2.75) is 17.9 Å². The van der Waals surface area contributed by atoms with Crippen molar-refractivity contribution in [3.8, 4) is 5.75 Å². The van der Waals surface area contributed by atoms with E-state index in [1.165, 1.54) is 11.4 Å². The van der Waals surface area contributed by atoms with E-state index in [1.54, 1.807) is 62.6 Å². The van der Waals surface area contributed by atoms with E-state index in [1.807, 2.05) is 0 Å². The van der Waals surface area contributed by atoms with Crippen LogP contribution in [0.15, 0.2) is 53.4 Å². The van der Waals surface area contributed by atoms with Gasteiger partial charge in [0.15, 0.2) is 0 Å². The van der Waals surface area contributed by atoms with E-state index in [4.69, 9.17) is 4.74 Å². The monoisotopic (exact) mass is 335 g/mol. The standard InChI is InChI=1S/C17H21NO4S/c1-13-7-4-5-10-17(13)23(20,21)18(2)12-16(19)14-8-6-9-15(11-14)22-3/h4-11,16,19H,12H2,1-3H3. The molecule has 2 aromatic rings. The molecule has 1 atom stereocenters. The van der Waals surface area contributed by atoms with Crippen LogP contribution in [0, 0.1) is 6.92 Å². The van der Waals surface area contributed by atoms with E-state index in [0.717, 1.165) is 0 Å². The van der Waals surface area contributed by atoms with Gasteiger partial charge in [-0.1, -0.05) is 30.3 Å². The third-order valence-corrected chi connectivity index (χ3v) is 5.67. The highest BCUT2D eigenvalue weighted by atomic mass is 32.2. The SMILES string of the molecule is COc1cccc(C(O)CN(C)S(=O)(=O)c2ccccc2C)c1. The molecule has 0 aliphatic rings. The minimum Gasteiger partial charge on any atom is -0.497 e. The highest BCUT2D eigenvalue weighted by Gasteiger charge is 2.25. The van der Waals surface area contributed by atoms with E-state index in [2.05, 4.69) is 0 Å². The summed E-state index contributed by atoms with van der Waals surface area (Å²) in [5.74, 6) is 0.617. The van der Waals surface area contributed by atoms with Gasteiger partial charge in [-0.15, -0.1) is 0 Å². The van der Waals surface area contributed by atoms with Crippen LogP contribution >= 0.6 is 0 Å². The molecule has 0 spiro atoms. The minimum atomic E-state index is -3.65. The summed E-state index contributed by atoms with van der Waals surface area (Å²) in [6.07, 6.45) is -0.936. The van der Waals surface area contributed by atoms with Crippen molar-refractivity contribution in [1.82, 2.24) is 4.31 Å². The van der Waals surface area contributed by atoms with Crippen molar-refractivity contribution < 1.29 is 18.3 Å². The molecule has 0 aromatic heterocycles. The van der Waals surface area contributed by atoms with Gasteiger partial charge in [0.25, 0.3) is 0 Å². The van der Waals surface area contributed by atoms with Crippen molar-refractivity contribution in [3.63, 3.8) is 0 Å². The van der Waals surface area contributed by atoms with Gasteiger partial charge in [0.05, 0.1) is 18.1 Å². The summed E-state index contributed by atoms with van der Waals surface area (Å²) in [5.41, 5.74) is 1.28. The van der Waals surface area contributed by atoms with Crippen LogP contribution in [0.2, 0.25) is 0 Å². The number of sulfonamides is 1. The smallest absolute Gasteiger partial charge is 0.243 e. The third kappa shape index (κ3) is 3.90. The van der Waals surface area contributed by atoms with E-state index < -0.39 is 16.1 Å². The van der Waals surface area contributed by atoms with E-state index in [0.29, 0.717) is 16.9 Å². The summed E-state index contributed by atoms with van der Waals surface area (Å²) in [7, 11) is -0.641. The van der Waals surface area contributed by atoms with E-state index in [-0.39, 0.29) is 11.4 Å². The number of hydrogen-bond donors (Lipinski definition) is 1. The average Bonchev–Trinajstić information content (AvgIpc) is 2.55. The molecule has 6 heteroatoms. The fourth-order valence-corrected chi connectivity index (χ4v) is 3.71. The first-order valence-corrected chi connectivity index (χ1v) is 8.64. The Balaban J connectivity index is 2.20. The number of aryl methyl sites for hydroxylation is 1. The molecule has 2 rings (SSSR count). The zero-order valence-corrected chi connectivity index (χ0v) is 14.2. The van der Waals surface area contributed by atoms with Gasteiger partial charge in [-0.25, -0.2) is 8.42 Å². The average molecular weight is 335 g/mol.